The van der Waals surface area contributed by atoms with Crippen LogP contribution in [0.4, 0.5) is 4.79 Å². The van der Waals surface area contributed by atoms with Gasteiger partial charge >= 0.3 is 29.9 Å². The number of nitrogens with two attached hydrogens (primary N) is 1. The van der Waals surface area contributed by atoms with Crippen molar-refractivity contribution in [1.82, 2.24) is 45.4 Å². The number of nitrogens with one attached hydrogen (secondary N) is 3. The van der Waals surface area contributed by atoms with Crippen molar-refractivity contribution < 1.29 is 53.6 Å². The van der Waals surface area contributed by atoms with E-state index >= 15 is 0 Å². The Hall–Kier alpha value is -6.09. The highest BCUT2D eigenvalue weighted by molar-refractivity contribution is 5.86. The first-order valence-electron chi connectivity index (χ1n) is 20.8. The van der Waals surface area contributed by atoms with Crippen LogP contribution >= 0.6 is 0 Å². The minimum Gasteiger partial charge on any atom is -0.487 e. The number of carbonyl (C=O) groups is 6. The predicted octanol–water partition coefficient (Wildman–Crippen LogP) is 2.66. The van der Waals surface area contributed by atoms with E-state index in [4.69, 9.17) is 20.3 Å². The Morgan fingerprint density at radius 1 is 0.871 bits per heavy atom. The zero-order valence-corrected chi connectivity index (χ0v) is 35.8. The summed E-state index contributed by atoms with van der Waals surface area (Å²) in [6.45, 7) is 9.09. The molecule has 2 heterocycles. The van der Waals surface area contributed by atoms with Crippen molar-refractivity contribution in [3.63, 3.8) is 0 Å². The quantitative estimate of drug-likeness (QED) is 0.0374. The maximum Gasteiger partial charge on any atom is 0.326 e. The number of hydrogen-bond acceptors (Lipinski definition) is 13. The van der Waals surface area contributed by atoms with Crippen molar-refractivity contribution in [2.75, 3.05) is 19.6 Å². The molecule has 0 saturated carbocycles. The Kier molecular flexibility index (Phi) is 21.3. The summed E-state index contributed by atoms with van der Waals surface area (Å²) in [7, 11) is 0. The predicted molar refractivity (Wildman–Crippen MR) is 223 cm³/mol. The van der Waals surface area contributed by atoms with Crippen molar-refractivity contribution in [2.24, 2.45) is 5.73 Å². The molecule has 2 atom stereocenters. The number of unbranched alkanes of at least 4 members (excludes halogenated alkanes) is 3. The molecule has 3 amide bonds. The molecule has 21 heteroatoms. The molecule has 0 aliphatic rings. The summed E-state index contributed by atoms with van der Waals surface area (Å²) in [5.74, 6) is -3.09. The fraction of sp³-hybridized carbons (Fsp3) is 0.585. The summed E-state index contributed by atoms with van der Waals surface area (Å²) in [6.07, 6.45) is 8.54. The number of ether oxygens (including phenoxy) is 2. The van der Waals surface area contributed by atoms with Crippen LogP contribution in [0.25, 0.3) is 0 Å². The number of carboxylic acid groups (broad SMARTS) is 3. The third kappa shape index (κ3) is 20.4. The Morgan fingerprint density at radius 2 is 1.58 bits per heavy atom. The van der Waals surface area contributed by atoms with Crippen LogP contribution in [0.15, 0.2) is 42.9 Å². The maximum atomic E-state index is 12.6. The monoisotopic (exact) mass is 870 g/mol. The van der Waals surface area contributed by atoms with Gasteiger partial charge in [-0.15, -0.1) is 5.10 Å². The van der Waals surface area contributed by atoms with E-state index < -0.39 is 48.0 Å². The van der Waals surface area contributed by atoms with Crippen molar-refractivity contribution >= 4 is 35.8 Å². The van der Waals surface area contributed by atoms with E-state index in [1.165, 1.54) is 0 Å². The largest absolute Gasteiger partial charge is 0.487 e. The number of carbonyl (C=O) groups excluding carboxylic acids is 3. The number of amides is 3. The van der Waals surface area contributed by atoms with Crippen molar-refractivity contribution in [1.29, 1.82) is 0 Å². The van der Waals surface area contributed by atoms with Crippen LogP contribution in [0.3, 0.4) is 0 Å². The molecule has 0 aliphatic heterocycles. The second-order valence-electron chi connectivity index (χ2n) is 15.8. The molecule has 0 saturated heterocycles. The summed E-state index contributed by atoms with van der Waals surface area (Å²) in [4.78, 5) is 78.0. The zero-order chi connectivity index (χ0) is 45.5. The number of aromatic nitrogens is 5. The van der Waals surface area contributed by atoms with E-state index in [-0.39, 0.29) is 37.9 Å². The Labute approximate surface area is 360 Å². The smallest absolute Gasteiger partial charge is 0.326 e. The first-order chi connectivity index (χ1) is 29.5. The van der Waals surface area contributed by atoms with Crippen molar-refractivity contribution in [3.8, 4) is 5.75 Å². The summed E-state index contributed by atoms with van der Waals surface area (Å²) >= 11 is 0. The fourth-order valence-corrected chi connectivity index (χ4v) is 6.16. The first-order valence-corrected chi connectivity index (χ1v) is 20.8. The molecular formula is C41H62N10O11. The number of aliphatic carboxylic acids is 3. The van der Waals surface area contributed by atoms with Gasteiger partial charge in [0, 0.05) is 44.9 Å². The normalized spacial score (nSPS) is 12.3. The minimum atomic E-state index is -1.49. The lowest BCUT2D eigenvalue weighted by Crippen LogP contribution is -2.51. The Morgan fingerprint density at radius 3 is 2.24 bits per heavy atom. The standard InChI is InChI=1S/C41H62N10O11/c1-41(2,3)62-37(55)27-50-23-20-43-34(50)26-49(24-29-12-14-31(15-13-29)61-28-30-25-51(48-47-30)22-9-18-42)21-8-4-5-11-35(52)44-19-7-6-10-32(38(56)57)45-40(60)46-33(39(58)59)16-17-36(53)54/h12-15,20,23,25,32-33H,4-11,16-19,21-22,24,26-28,42H2,1-3H3,(H,44,52)(H,53,54)(H,56,57)(H,58,59)(H2,45,46,60). The van der Waals surface area contributed by atoms with E-state index in [0.29, 0.717) is 82.2 Å². The van der Waals surface area contributed by atoms with E-state index in [9.17, 15) is 39.0 Å². The molecule has 3 rings (SSSR count). The van der Waals surface area contributed by atoms with Gasteiger partial charge < -0.3 is 51.0 Å². The number of esters is 1. The van der Waals surface area contributed by atoms with Gasteiger partial charge in [0.15, 0.2) is 0 Å². The van der Waals surface area contributed by atoms with Gasteiger partial charge in [0.2, 0.25) is 5.91 Å². The molecule has 21 nitrogen and oxygen atoms in total. The SMILES string of the molecule is CC(C)(C)OC(=O)Cn1ccnc1CN(CCCCCC(=O)NCCCCC(NC(=O)NC(CCC(=O)O)C(=O)O)C(=O)O)Cc1ccc(OCc2cn(CCCN)nn2)cc1. The molecule has 0 aliphatic carbocycles. The number of imidazole rings is 1. The number of hydrogen-bond donors (Lipinski definition) is 7. The number of carboxylic acids is 3. The van der Waals surface area contributed by atoms with E-state index in [1.807, 2.05) is 51.2 Å². The molecule has 0 fully saturated rings. The Balaban J connectivity index is 1.46. The number of rotatable bonds is 30. The van der Waals surface area contributed by atoms with Crippen molar-refractivity contribution in [2.45, 2.75) is 135 Å². The van der Waals surface area contributed by atoms with Gasteiger partial charge in [-0.05, 0) is 96.5 Å². The van der Waals surface area contributed by atoms with Gasteiger partial charge in [-0.3, -0.25) is 24.0 Å². The van der Waals surface area contributed by atoms with Crippen LogP contribution in [-0.2, 0) is 61.5 Å². The van der Waals surface area contributed by atoms with Crippen LogP contribution < -0.4 is 26.4 Å². The summed E-state index contributed by atoms with van der Waals surface area (Å²) in [6, 6.07) is 3.96. The van der Waals surface area contributed by atoms with Crippen LogP contribution in [0, 0.1) is 0 Å². The summed E-state index contributed by atoms with van der Waals surface area (Å²) < 4.78 is 15.0. The number of aryl methyl sites for hydroxylation is 1. The van der Waals surface area contributed by atoms with Crippen molar-refractivity contribution in [3.05, 3.63) is 59.9 Å². The minimum absolute atomic E-state index is 0.0300. The molecule has 0 spiro atoms. The molecule has 2 unspecified atom stereocenters. The van der Waals surface area contributed by atoms with Gasteiger partial charge in [-0.25, -0.2) is 19.4 Å². The third-order valence-corrected chi connectivity index (χ3v) is 9.25. The fourth-order valence-electron chi connectivity index (χ4n) is 6.16. The topological polar surface area (TPSA) is 295 Å². The van der Waals surface area contributed by atoms with Gasteiger partial charge in [0.05, 0.1) is 12.7 Å². The summed E-state index contributed by atoms with van der Waals surface area (Å²) in [5, 5.41) is 42.9. The lowest BCUT2D eigenvalue weighted by molar-refractivity contribution is -0.155. The Bertz CT molecular complexity index is 1880. The van der Waals surface area contributed by atoms with Crippen LogP contribution in [0.2, 0.25) is 0 Å². The molecule has 8 N–H and O–H groups in total. The highest BCUT2D eigenvalue weighted by atomic mass is 16.6. The molecule has 0 radical (unpaired) electrons. The number of urea groups is 1. The van der Waals surface area contributed by atoms with E-state index in [1.54, 1.807) is 21.6 Å². The van der Waals surface area contributed by atoms with Crippen LogP contribution in [0.5, 0.6) is 5.75 Å². The highest BCUT2D eigenvalue weighted by Crippen LogP contribution is 2.18. The maximum absolute atomic E-state index is 12.6. The van der Waals surface area contributed by atoms with Gasteiger partial charge in [-0.2, -0.15) is 0 Å². The van der Waals surface area contributed by atoms with E-state index in [2.05, 4.69) is 36.1 Å². The average molecular weight is 871 g/mol. The molecule has 0 bridgehead atoms. The molecule has 342 valence electrons. The third-order valence-electron chi connectivity index (χ3n) is 9.25. The second-order valence-corrected chi connectivity index (χ2v) is 15.8. The average Bonchev–Trinajstić information content (AvgIpc) is 3.85. The summed E-state index contributed by atoms with van der Waals surface area (Å²) in [5.41, 5.74) is 6.73. The molecule has 3 aromatic rings. The molecule has 1 aromatic carbocycles. The molecule has 62 heavy (non-hydrogen) atoms. The van der Waals surface area contributed by atoms with Gasteiger partial charge in [0.25, 0.3) is 0 Å². The number of benzene rings is 1. The highest BCUT2D eigenvalue weighted by Gasteiger charge is 2.25. The number of nitrogens with zero attached hydrogens (tertiary/aromatic N) is 6. The first kappa shape index (κ1) is 50.3. The van der Waals surface area contributed by atoms with Crippen LogP contribution in [0.1, 0.15) is 102 Å². The lowest BCUT2D eigenvalue weighted by Gasteiger charge is -2.23. The van der Waals surface area contributed by atoms with Gasteiger partial charge in [0.1, 0.15) is 48.1 Å². The molecular weight excluding hydrogens is 809 g/mol. The zero-order valence-electron chi connectivity index (χ0n) is 35.8. The van der Waals surface area contributed by atoms with Gasteiger partial charge in [-0.1, -0.05) is 23.8 Å². The van der Waals surface area contributed by atoms with E-state index in [0.717, 1.165) is 24.8 Å². The van der Waals surface area contributed by atoms with Crippen LogP contribution in [-0.4, -0.2) is 118 Å². The lowest BCUT2D eigenvalue weighted by atomic mass is 10.1. The second kappa shape index (κ2) is 26.3. The molecule has 2 aromatic heterocycles.